The third-order valence-corrected chi connectivity index (χ3v) is 3.07. The standard InChI is InChI=1S/C8H12S2/c1-8(2,3)6-4-5-7(9)10-6/h4-5,9H,1-3H3. The van der Waals surface area contributed by atoms with E-state index in [9.17, 15) is 0 Å². The summed E-state index contributed by atoms with van der Waals surface area (Å²) in [4.78, 5) is 1.40. The molecule has 0 saturated heterocycles. The first-order chi connectivity index (χ1) is 4.50. The van der Waals surface area contributed by atoms with Gasteiger partial charge in [0.15, 0.2) is 0 Å². The average Bonchev–Trinajstić information content (AvgIpc) is 2.11. The van der Waals surface area contributed by atoms with Gasteiger partial charge in [0.1, 0.15) is 0 Å². The van der Waals surface area contributed by atoms with Crippen LogP contribution in [0.1, 0.15) is 25.6 Å². The van der Waals surface area contributed by atoms with E-state index >= 15 is 0 Å². The molecule has 0 aliphatic rings. The molecule has 1 aromatic heterocycles. The first-order valence-electron chi connectivity index (χ1n) is 3.29. The van der Waals surface area contributed by atoms with E-state index in [0.717, 1.165) is 4.21 Å². The fourth-order valence-electron chi connectivity index (χ4n) is 0.731. The maximum Gasteiger partial charge on any atom is 0.0571 e. The highest BCUT2D eigenvalue weighted by Gasteiger charge is 2.14. The van der Waals surface area contributed by atoms with Gasteiger partial charge in [-0.15, -0.1) is 24.0 Å². The van der Waals surface area contributed by atoms with Crippen LogP contribution in [0.25, 0.3) is 0 Å². The molecular weight excluding hydrogens is 160 g/mol. The van der Waals surface area contributed by atoms with E-state index in [1.54, 1.807) is 11.3 Å². The Balaban J connectivity index is 2.96. The maximum absolute atomic E-state index is 4.26. The lowest BCUT2D eigenvalue weighted by Gasteiger charge is -2.14. The number of rotatable bonds is 0. The molecule has 0 atom stereocenters. The molecule has 0 aliphatic heterocycles. The molecule has 56 valence electrons. The van der Waals surface area contributed by atoms with Gasteiger partial charge in [0.05, 0.1) is 4.21 Å². The fraction of sp³-hybridized carbons (Fsp3) is 0.500. The Hall–Kier alpha value is 0.0500. The largest absolute Gasteiger partial charge is 0.134 e. The molecule has 0 bridgehead atoms. The van der Waals surface area contributed by atoms with Crippen molar-refractivity contribution < 1.29 is 0 Å². The van der Waals surface area contributed by atoms with Crippen LogP contribution in [0.5, 0.6) is 0 Å². The lowest BCUT2D eigenvalue weighted by Crippen LogP contribution is -2.07. The van der Waals surface area contributed by atoms with Crippen LogP contribution in [0.3, 0.4) is 0 Å². The number of hydrogen-bond acceptors (Lipinski definition) is 2. The zero-order chi connectivity index (χ0) is 7.78. The van der Waals surface area contributed by atoms with Crippen LogP contribution in [-0.2, 0) is 5.41 Å². The Morgan fingerprint density at radius 2 is 1.90 bits per heavy atom. The molecule has 0 unspecified atom stereocenters. The van der Waals surface area contributed by atoms with Gasteiger partial charge in [-0.3, -0.25) is 0 Å². The van der Waals surface area contributed by atoms with Gasteiger partial charge in [0.2, 0.25) is 0 Å². The predicted octanol–water partition coefficient (Wildman–Crippen LogP) is 3.33. The molecule has 0 radical (unpaired) electrons. The van der Waals surface area contributed by atoms with Gasteiger partial charge < -0.3 is 0 Å². The quantitative estimate of drug-likeness (QED) is 0.570. The summed E-state index contributed by atoms with van der Waals surface area (Å²) >= 11 is 6.01. The van der Waals surface area contributed by atoms with Gasteiger partial charge in [0.25, 0.3) is 0 Å². The molecular formula is C8H12S2. The van der Waals surface area contributed by atoms with Crippen LogP contribution in [0.4, 0.5) is 0 Å². The van der Waals surface area contributed by atoms with Gasteiger partial charge in [-0.25, -0.2) is 0 Å². The Kier molecular flexibility index (Phi) is 2.11. The molecule has 1 heterocycles. The predicted molar refractivity (Wildman–Crippen MR) is 50.3 cm³/mol. The zero-order valence-electron chi connectivity index (χ0n) is 6.51. The number of thiol groups is 1. The van der Waals surface area contributed by atoms with Crippen LogP contribution < -0.4 is 0 Å². The zero-order valence-corrected chi connectivity index (χ0v) is 8.22. The molecule has 0 N–H and O–H groups in total. The van der Waals surface area contributed by atoms with Crippen molar-refractivity contribution in [3.63, 3.8) is 0 Å². The van der Waals surface area contributed by atoms with E-state index in [4.69, 9.17) is 0 Å². The molecule has 0 aliphatic carbocycles. The average molecular weight is 172 g/mol. The monoisotopic (exact) mass is 172 g/mol. The fourth-order valence-corrected chi connectivity index (χ4v) is 1.90. The van der Waals surface area contributed by atoms with Crippen LogP contribution in [0, 0.1) is 0 Å². The minimum Gasteiger partial charge on any atom is -0.134 e. The van der Waals surface area contributed by atoms with E-state index < -0.39 is 0 Å². The van der Waals surface area contributed by atoms with Crippen molar-refractivity contribution in [2.75, 3.05) is 0 Å². The Labute approximate surface area is 71.7 Å². The summed E-state index contributed by atoms with van der Waals surface area (Å²) in [5.74, 6) is 0. The Bertz CT molecular complexity index is 217. The molecule has 0 nitrogen and oxygen atoms in total. The smallest absolute Gasteiger partial charge is 0.0571 e. The molecule has 0 amide bonds. The summed E-state index contributed by atoms with van der Waals surface area (Å²) in [6.07, 6.45) is 0. The summed E-state index contributed by atoms with van der Waals surface area (Å²) in [5, 5.41) is 0. The highest BCUT2D eigenvalue weighted by Crippen LogP contribution is 2.30. The number of hydrogen-bond donors (Lipinski definition) is 1. The SMILES string of the molecule is CC(C)(C)c1ccc(S)s1. The van der Waals surface area contributed by atoms with E-state index in [-0.39, 0.29) is 5.41 Å². The van der Waals surface area contributed by atoms with Crippen molar-refractivity contribution >= 4 is 24.0 Å². The van der Waals surface area contributed by atoms with Gasteiger partial charge in [-0.05, 0) is 17.5 Å². The minimum atomic E-state index is 0.283. The van der Waals surface area contributed by atoms with Gasteiger partial charge in [-0.1, -0.05) is 20.8 Å². The Morgan fingerprint density at radius 1 is 1.30 bits per heavy atom. The molecule has 10 heavy (non-hydrogen) atoms. The number of thiophene rings is 1. The first kappa shape index (κ1) is 8.15. The van der Waals surface area contributed by atoms with Crippen molar-refractivity contribution in [2.24, 2.45) is 0 Å². The first-order valence-corrected chi connectivity index (χ1v) is 4.56. The van der Waals surface area contributed by atoms with Gasteiger partial charge in [0, 0.05) is 4.88 Å². The normalized spacial score (nSPS) is 12.0. The summed E-state index contributed by atoms with van der Waals surface area (Å²) < 4.78 is 1.10. The van der Waals surface area contributed by atoms with Crippen molar-refractivity contribution in [3.05, 3.63) is 17.0 Å². The lowest BCUT2D eigenvalue weighted by atomic mass is 9.95. The van der Waals surface area contributed by atoms with Gasteiger partial charge in [-0.2, -0.15) is 0 Å². The van der Waals surface area contributed by atoms with E-state index in [1.165, 1.54) is 4.88 Å². The third kappa shape index (κ3) is 1.77. The summed E-state index contributed by atoms with van der Waals surface area (Å²) in [7, 11) is 0. The summed E-state index contributed by atoms with van der Waals surface area (Å²) in [5.41, 5.74) is 0.283. The molecule has 1 aromatic rings. The molecule has 1 rings (SSSR count). The second-order valence-electron chi connectivity index (χ2n) is 3.39. The van der Waals surface area contributed by atoms with Crippen molar-refractivity contribution in [2.45, 2.75) is 30.4 Å². The Morgan fingerprint density at radius 3 is 2.10 bits per heavy atom. The maximum atomic E-state index is 4.26. The molecule has 2 heteroatoms. The molecule has 0 aromatic carbocycles. The van der Waals surface area contributed by atoms with Crippen LogP contribution >= 0.6 is 24.0 Å². The van der Waals surface area contributed by atoms with Crippen molar-refractivity contribution in [1.29, 1.82) is 0 Å². The van der Waals surface area contributed by atoms with E-state index in [2.05, 4.69) is 39.5 Å². The second kappa shape index (κ2) is 2.59. The van der Waals surface area contributed by atoms with E-state index in [0.29, 0.717) is 0 Å². The molecule has 0 spiro atoms. The van der Waals surface area contributed by atoms with Crippen molar-refractivity contribution in [1.82, 2.24) is 0 Å². The highest BCUT2D eigenvalue weighted by atomic mass is 32.2. The molecule has 0 fully saturated rings. The summed E-state index contributed by atoms with van der Waals surface area (Å²) in [6, 6.07) is 4.20. The molecule has 0 saturated carbocycles. The van der Waals surface area contributed by atoms with Crippen LogP contribution in [-0.4, -0.2) is 0 Å². The van der Waals surface area contributed by atoms with E-state index in [1.807, 2.05) is 6.07 Å². The highest BCUT2D eigenvalue weighted by molar-refractivity contribution is 7.82. The summed E-state index contributed by atoms with van der Waals surface area (Å²) in [6.45, 7) is 6.64. The second-order valence-corrected chi connectivity index (χ2v) is 5.26. The lowest BCUT2D eigenvalue weighted by molar-refractivity contribution is 0.604. The third-order valence-electron chi connectivity index (χ3n) is 1.33. The van der Waals surface area contributed by atoms with Crippen LogP contribution in [0.15, 0.2) is 16.3 Å². The van der Waals surface area contributed by atoms with Crippen molar-refractivity contribution in [3.8, 4) is 0 Å². The minimum absolute atomic E-state index is 0.283. The topological polar surface area (TPSA) is 0 Å². The van der Waals surface area contributed by atoms with Crippen LogP contribution in [0.2, 0.25) is 0 Å². The van der Waals surface area contributed by atoms with Gasteiger partial charge >= 0.3 is 0 Å².